The molecule has 0 aromatic rings. The number of nitrogens with two attached hydrogens (primary N) is 1. The molecule has 61 heavy (non-hydrogen) atoms. The summed E-state index contributed by atoms with van der Waals surface area (Å²) >= 11 is 1.80. The largest absolute Gasteiger partial charge is 0.481 e. The number of halogens is 1. The average Bonchev–Trinajstić information content (AvgIpc) is 4.00. The lowest BCUT2D eigenvalue weighted by Crippen LogP contribution is -2.57. The molecule has 7 atom stereocenters. The first-order valence-electron chi connectivity index (χ1n) is 20.0. The van der Waals surface area contributed by atoms with Crippen molar-refractivity contribution in [2.75, 3.05) is 45.8 Å². The summed E-state index contributed by atoms with van der Waals surface area (Å²) in [6.45, 7) is 1.79. The Morgan fingerprint density at radius 3 is 1.98 bits per heavy atom. The number of amides is 8. The van der Waals surface area contributed by atoms with Gasteiger partial charge in [0.15, 0.2) is 11.7 Å². The van der Waals surface area contributed by atoms with Gasteiger partial charge in [-0.15, -0.1) is 0 Å². The number of rotatable bonds is 22. The van der Waals surface area contributed by atoms with Gasteiger partial charge in [0.25, 0.3) is 0 Å². The molecule has 0 aromatic carbocycles. The van der Waals surface area contributed by atoms with Crippen LogP contribution < -0.4 is 41.2 Å². The first kappa shape index (κ1) is 50.2. The van der Waals surface area contributed by atoms with E-state index in [2.05, 4.69) is 35.4 Å². The standard InChI is InChI=1S/C36H57IN12O12/c1-19(46-37)31(57)42-16-29(54)48-13-5-8-25(48)34(60)45-22(6-3-11-40-36(38)39)32(58)41-15-27(52)44-23(9-10-30(55)56)35(61)49-18-21(51)14-26(49)33(59)43-17-28(53)47-12-4-7-24(47)20(2)50/h19,21-26,46,51H,3-18H2,1-2H3,(H,41,58)(H,42,57)(H,43,59)(H,44,52)(H,45,60)(H,55,56)(H4,38,39,40). The number of ketones is 1. The molecule has 0 spiro atoms. The van der Waals surface area contributed by atoms with Crippen molar-refractivity contribution in [1.82, 2.24) is 50.1 Å². The molecule has 340 valence electrons. The smallest absolute Gasteiger partial charge is 0.303 e. The summed E-state index contributed by atoms with van der Waals surface area (Å²) in [5.74, 6) is -7.32. The molecule has 3 fully saturated rings. The van der Waals surface area contributed by atoms with E-state index in [-0.39, 0.29) is 63.6 Å². The summed E-state index contributed by atoms with van der Waals surface area (Å²) in [4.78, 5) is 132. The minimum Gasteiger partial charge on any atom is -0.481 e. The van der Waals surface area contributed by atoms with E-state index in [9.17, 15) is 58.2 Å². The fourth-order valence-electron chi connectivity index (χ4n) is 7.31. The van der Waals surface area contributed by atoms with Gasteiger partial charge in [0.1, 0.15) is 24.2 Å². The molecule has 25 heteroatoms. The lowest BCUT2D eigenvalue weighted by atomic mass is 10.1. The van der Waals surface area contributed by atoms with Gasteiger partial charge in [-0.1, -0.05) is 0 Å². The number of carboxylic acid groups (broad SMARTS) is 1. The Labute approximate surface area is 365 Å². The van der Waals surface area contributed by atoms with Crippen LogP contribution in [0.4, 0.5) is 0 Å². The van der Waals surface area contributed by atoms with E-state index >= 15 is 0 Å². The van der Waals surface area contributed by atoms with Gasteiger partial charge in [0.05, 0.1) is 37.8 Å². The molecule has 3 heterocycles. The first-order valence-corrected chi connectivity index (χ1v) is 21.1. The maximum Gasteiger partial charge on any atom is 0.303 e. The molecule has 8 amide bonds. The van der Waals surface area contributed by atoms with Gasteiger partial charge in [-0.2, -0.15) is 0 Å². The van der Waals surface area contributed by atoms with Crippen LogP contribution in [0, 0.1) is 5.41 Å². The zero-order valence-electron chi connectivity index (χ0n) is 34.1. The van der Waals surface area contributed by atoms with Crippen molar-refractivity contribution in [3.05, 3.63) is 0 Å². The van der Waals surface area contributed by atoms with Crippen LogP contribution in [0.3, 0.4) is 0 Å². The van der Waals surface area contributed by atoms with Crippen LogP contribution in [-0.4, -0.2) is 178 Å². The highest BCUT2D eigenvalue weighted by atomic mass is 127. The molecule has 7 unspecified atom stereocenters. The van der Waals surface area contributed by atoms with E-state index in [1.165, 1.54) is 16.7 Å². The molecular weight excluding hydrogens is 919 g/mol. The number of hydrogen-bond acceptors (Lipinski definition) is 13. The van der Waals surface area contributed by atoms with Crippen molar-refractivity contribution < 1.29 is 58.2 Å². The van der Waals surface area contributed by atoms with Crippen LogP contribution in [0.5, 0.6) is 0 Å². The third kappa shape index (κ3) is 15.3. The Morgan fingerprint density at radius 2 is 1.38 bits per heavy atom. The van der Waals surface area contributed by atoms with Crippen molar-refractivity contribution >= 4 is 87.8 Å². The maximum atomic E-state index is 13.8. The number of aliphatic hydroxyl groups excluding tert-OH is 1. The van der Waals surface area contributed by atoms with E-state index in [4.69, 9.17) is 11.1 Å². The van der Waals surface area contributed by atoms with Gasteiger partial charge in [0, 0.05) is 61.9 Å². The summed E-state index contributed by atoms with van der Waals surface area (Å²) in [7, 11) is 0. The van der Waals surface area contributed by atoms with E-state index in [0.717, 1.165) is 4.90 Å². The SMILES string of the molecule is CC(=O)C1CCCN1C(=O)CNC(=O)C1CC(O)CN1C(=O)C(CCC(=O)O)NC(=O)CNC(=O)C(CCCNC(=N)N)NC(=O)C1CCCN1C(=O)CNC(=O)C(C)NI. The van der Waals surface area contributed by atoms with Crippen LogP contribution in [0.1, 0.15) is 71.6 Å². The molecule has 3 rings (SSSR count). The Bertz CT molecular complexity index is 1690. The Kier molecular flexibility index (Phi) is 20.0. The molecule has 3 aliphatic rings. The van der Waals surface area contributed by atoms with Crippen LogP contribution >= 0.6 is 22.9 Å². The Hall–Kier alpha value is -5.18. The highest BCUT2D eigenvalue weighted by Crippen LogP contribution is 2.22. The van der Waals surface area contributed by atoms with Crippen molar-refractivity contribution in [3.63, 3.8) is 0 Å². The van der Waals surface area contributed by atoms with Gasteiger partial charge in [-0.25, -0.2) is 3.53 Å². The number of likely N-dealkylation sites (tertiary alicyclic amines) is 3. The summed E-state index contributed by atoms with van der Waals surface area (Å²) in [5.41, 5.74) is 5.35. The lowest BCUT2D eigenvalue weighted by molar-refractivity contribution is -0.143. The molecule has 3 saturated heterocycles. The molecule has 0 aliphatic carbocycles. The fourth-order valence-corrected chi connectivity index (χ4v) is 7.59. The summed E-state index contributed by atoms with van der Waals surface area (Å²) in [5, 5.41) is 42.1. The van der Waals surface area contributed by atoms with Crippen molar-refractivity contribution in [2.24, 2.45) is 5.73 Å². The zero-order valence-corrected chi connectivity index (χ0v) is 36.3. The predicted molar refractivity (Wildman–Crippen MR) is 222 cm³/mol. The second kappa shape index (κ2) is 24.3. The van der Waals surface area contributed by atoms with Crippen molar-refractivity contribution in [1.29, 1.82) is 5.41 Å². The van der Waals surface area contributed by atoms with Crippen molar-refractivity contribution in [3.8, 4) is 0 Å². The molecule has 0 aromatic heterocycles. The van der Waals surface area contributed by atoms with E-state index in [1.54, 1.807) is 29.8 Å². The van der Waals surface area contributed by atoms with Crippen molar-refractivity contribution in [2.45, 2.75) is 114 Å². The van der Waals surface area contributed by atoms with Gasteiger partial charge >= 0.3 is 5.97 Å². The number of nitrogens with one attached hydrogen (secondary N) is 8. The Balaban J connectivity index is 1.65. The van der Waals surface area contributed by atoms with E-state index < -0.39 is 122 Å². The molecule has 12 N–H and O–H groups in total. The minimum absolute atomic E-state index is 0.00120. The molecule has 24 nitrogen and oxygen atoms in total. The topological polar surface area (TPSA) is 355 Å². The molecular formula is C36H57IN12O12. The fraction of sp³-hybridized carbons (Fsp3) is 0.694. The van der Waals surface area contributed by atoms with Crippen LogP contribution in [0.15, 0.2) is 0 Å². The number of aliphatic hydroxyl groups is 1. The van der Waals surface area contributed by atoms with Crippen LogP contribution in [-0.2, 0) is 47.9 Å². The number of carbonyl (C=O) groups excluding carboxylic acids is 9. The van der Waals surface area contributed by atoms with E-state index in [1.807, 2.05) is 0 Å². The highest BCUT2D eigenvalue weighted by molar-refractivity contribution is 14.1. The number of hydrogen-bond donors (Lipinski definition) is 11. The number of carboxylic acids is 1. The highest BCUT2D eigenvalue weighted by Gasteiger charge is 2.42. The number of carbonyl (C=O) groups is 10. The predicted octanol–water partition coefficient (Wildman–Crippen LogP) is -4.71. The normalized spacial score (nSPS) is 21.1. The number of nitrogens with zero attached hydrogens (tertiary/aromatic N) is 3. The molecule has 0 bridgehead atoms. The van der Waals surface area contributed by atoms with Gasteiger partial charge in [0.2, 0.25) is 47.3 Å². The van der Waals surface area contributed by atoms with Crippen LogP contribution in [0.25, 0.3) is 0 Å². The second-order valence-corrected chi connectivity index (χ2v) is 15.7. The molecule has 0 radical (unpaired) electrons. The van der Waals surface area contributed by atoms with Crippen LogP contribution in [0.2, 0.25) is 0 Å². The molecule has 0 saturated carbocycles. The molecule has 3 aliphatic heterocycles. The number of Topliss-reactive ketones (excluding diaryl/α,β-unsaturated/α-hetero) is 1. The quantitative estimate of drug-likeness (QED) is 0.0160. The number of aliphatic carboxylic acids is 1. The number of guanidine groups is 1. The maximum absolute atomic E-state index is 13.8. The third-order valence-corrected chi connectivity index (χ3v) is 11.4. The first-order chi connectivity index (χ1) is 28.8. The monoisotopic (exact) mass is 976 g/mol. The zero-order chi connectivity index (χ0) is 45.4. The van der Waals surface area contributed by atoms with E-state index in [0.29, 0.717) is 25.8 Å². The second-order valence-electron chi connectivity index (χ2n) is 15.1. The number of β-amino-alcohol motifs (C(OH)–C–C–N with tert-alkyl or cyclic N) is 1. The minimum atomic E-state index is -1.52. The Morgan fingerprint density at radius 1 is 0.770 bits per heavy atom. The average molecular weight is 977 g/mol. The summed E-state index contributed by atoms with van der Waals surface area (Å²) < 4.78 is 2.73. The summed E-state index contributed by atoms with van der Waals surface area (Å²) in [6, 6.07) is -6.18. The summed E-state index contributed by atoms with van der Waals surface area (Å²) in [6.07, 6.45) is -0.282. The lowest BCUT2D eigenvalue weighted by Gasteiger charge is -2.29. The third-order valence-electron chi connectivity index (χ3n) is 10.5. The van der Waals surface area contributed by atoms with Gasteiger partial charge in [-0.05, 0) is 58.8 Å². The van der Waals surface area contributed by atoms with Gasteiger partial charge in [-0.3, -0.25) is 53.4 Å². The van der Waals surface area contributed by atoms with Gasteiger partial charge < -0.3 is 62.5 Å².